The lowest BCUT2D eigenvalue weighted by Gasteiger charge is -2.25. The topological polar surface area (TPSA) is 86.9 Å². The number of esters is 1. The van der Waals surface area contributed by atoms with E-state index >= 15 is 0 Å². The van der Waals surface area contributed by atoms with E-state index in [9.17, 15) is 4.79 Å². The fourth-order valence-corrected chi connectivity index (χ4v) is 3.58. The average Bonchev–Trinajstić information content (AvgIpc) is 3.26. The first-order valence-corrected chi connectivity index (χ1v) is 10.1. The van der Waals surface area contributed by atoms with Gasteiger partial charge in [-0.25, -0.2) is 4.98 Å². The SMILES string of the molecule is CCOC(=O)Cn1cc(Nc2ncc3ccn(CC(C(C)C)C(C)C)c3n2)cn1. The Morgan fingerprint density at radius 2 is 1.97 bits per heavy atom. The van der Waals surface area contributed by atoms with Crippen LogP contribution >= 0.6 is 0 Å². The van der Waals surface area contributed by atoms with E-state index in [2.05, 4.69) is 53.9 Å². The van der Waals surface area contributed by atoms with Crippen molar-refractivity contribution in [1.29, 1.82) is 0 Å². The van der Waals surface area contributed by atoms with Crippen molar-refractivity contribution in [3.63, 3.8) is 0 Å². The molecule has 0 unspecified atom stereocenters. The monoisotopic (exact) mass is 398 g/mol. The molecular weight excluding hydrogens is 368 g/mol. The third kappa shape index (κ3) is 5.13. The Balaban J connectivity index is 1.76. The summed E-state index contributed by atoms with van der Waals surface area (Å²) in [7, 11) is 0. The van der Waals surface area contributed by atoms with Crippen LogP contribution in [0.5, 0.6) is 0 Å². The van der Waals surface area contributed by atoms with E-state index in [0.29, 0.717) is 36.0 Å². The second kappa shape index (κ2) is 9.07. The number of nitrogens with one attached hydrogen (secondary N) is 1. The highest BCUT2D eigenvalue weighted by molar-refractivity contribution is 5.76. The molecule has 3 aromatic rings. The number of hydrogen-bond acceptors (Lipinski definition) is 6. The van der Waals surface area contributed by atoms with Gasteiger partial charge in [-0.3, -0.25) is 9.48 Å². The van der Waals surface area contributed by atoms with Gasteiger partial charge in [-0.15, -0.1) is 0 Å². The average molecular weight is 399 g/mol. The fourth-order valence-electron chi connectivity index (χ4n) is 3.58. The molecule has 0 aromatic carbocycles. The number of anilines is 2. The molecule has 0 amide bonds. The maximum Gasteiger partial charge on any atom is 0.327 e. The zero-order valence-corrected chi connectivity index (χ0v) is 17.8. The van der Waals surface area contributed by atoms with Crippen molar-refractivity contribution >= 4 is 28.6 Å². The molecule has 0 aliphatic rings. The van der Waals surface area contributed by atoms with Gasteiger partial charge in [0.15, 0.2) is 0 Å². The second-order valence-corrected chi connectivity index (χ2v) is 7.95. The minimum absolute atomic E-state index is 0.0735. The van der Waals surface area contributed by atoms with Gasteiger partial charge in [-0.1, -0.05) is 27.7 Å². The van der Waals surface area contributed by atoms with E-state index in [0.717, 1.165) is 17.6 Å². The smallest absolute Gasteiger partial charge is 0.327 e. The van der Waals surface area contributed by atoms with Gasteiger partial charge < -0.3 is 14.6 Å². The summed E-state index contributed by atoms with van der Waals surface area (Å²) in [5, 5.41) is 8.36. The molecule has 3 aromatic heterocycles. The number of rotatable bonds is 9. The number of hydrogen-bond donors (Lipinski definition) is 1. The van der Waals surface area contributed by atoms with Crippen molar-refractivity contribution in [2.45, 2.75) is 47.7 Å². The van der Waals surface area contributed by atoms with E-state index in [-0.39, 0.29) is 12.5 Å². The maximum absolute atomic E-state index is 11.6. The molecule has 0 aliphatic heterocycles. The molecule has 0 atom stereocenters. The Morgan fingerprint density at radius 1 is 1.21 bits per heavy atom. The summed E-state index contributed by atoms with van der Waals surface area (Å²) in [6, 6.07) is 2.05. The number of ether oxygens (including phenoxy) is 1. The molecule has 1 N–H and O–H groups in total. The molecule has 8 nitrogen and oxygen atoms in total. The fraction of sp³-hybridized carbons (Fsp3) is 0.524. The van der Waals surface area contributed by atoms with Gasteiger partial charge in [0.1, 0.15) is 12.2 Å². The molecular formula is C21H30N6O2. The molecule has 0 radical (unpaired) electrons. The van der Waals surface area contributed by atoms with Gasteiger partial charge >= 0.3 is 5.97 Å². The molecule has 0 saturated heterocycles. The molecule has 3 heterocycles. The highest BCUT2D eigenvalue weighted by atomic mass is 16.5. The first-order valence-electron chi connectivity index (χ1n) is 10.1. The number of nitrogens with zero attached hydrogens (tertiary/aromatic N) is 5. The summed E-state index contributed by atoms with van der Waals surface area (Å²) in [4.78, 5) is 20.7. The molecule has 156 valence electrons. The highest BCUT2D eigenvalue weighted by Crippen LogP contribution is 2.25. The van der Waals surface area contributed by atoms with Crippen LogP contribution in [0, 0.1) is 17.8 Å². The van der Waals surface area contributed by atoms with Crippen LogP contribution in [0.3, 0.4) is 0 Å². The zero-order valence-electron chi connectivity index (χ0n) is 17.8. The molecule has 8 heteroatoms. The van der Waals surface area contributed by atoms with E-state index < -0.39 is 0 Å². The quantitative estimate of drug-likeness (QED) is 0.551. The van der Waals surface area contributed by atoms with Crippen LogP contribution in [-0.4, -0.2) is 36.9 Å². The Labute approximate surface area is 171 Å². The van der Waals surface area contributed by atoms with Crippen LogP contribution in [0.1, 0.15) is 34.6 Å². The van der Waals surface area contributed by atoms with Gasteiger partial charge in [0, 0.05) is 30.5 Å². The van der Waals surface area contributed by atoms with E-state index in [1.165, 1.54) is 4.68 Å². The number of carbonyl (C=O) groups is 1. The first kappa shape index (κ1) is 20.8. The number of fused-ring (bicyclic) bond motifs is 1. The Morgan fingerprint density at radius 3 is 2.66 bits per heavy atom. The number of aromatic nitrogens is 5. The number of carbonyl (C=O) groups excluding carboxylic acids is 1. The molecule has 0 bridgehead atoms. The van der Waals surface area contributed by atoms with Gasteiger partial charge in [0.05, 0.1) is 18.5 Å². The van der Waals surface area contributed by atoms with Crippen LogP contribution in [0.4, 0.5) is 11.6 Å². The Bertz CT molecular complexity index is 951. The van der Waals surface area contributed by atoms with Crippen LogP contribution in [0.25, 0.3) is 11.0 Å². The summed E-state index contributed by atoms with van der Waals surface area (Å²) in [5.74, 6) is 1.94. The van der Waals surface area contributed by atoms with Gasteiger partial charge in [0.25, 0.3) is 0 Å². The Hall–Kier alpha value is -2.90. The van der Waals surface area contributed by atoms with Crippen molar-refractivity contribution in [3.05, 3.63) is 30.9 Å². The van der Waals surface area contributed by atoms with Crippen LogP contribution < -0.4 is 5.32 Å². The summed E-state index contributed by atoms with van der Waals surface area (Å²) in [6.45, 7) is 12.2. The molecule has 29 heavy (non-hydrogen) atoms. The lowest BCUT2D eigenvalue weighted by molar-refractivity contribution is -0.144. The third-order valence-corrected chi connectivity index (χ3v) is 5.11. The summed E-state index contributed by atoms with van der Waals surface area (Å²) >= 11 is 0. The standard InChI is InChI=1S/C21H30N6O2/c1-6-29-19(28)13-27-11-17(10-23-27)24-21-22-9-16-7-8-26(20(16)25-21)12-18(14(2)3)15(4)5/h7-11,14-15,18H,6,12-13H2,1-5H3,(H,22,24,25). The van der Waals surface area contributed by atoms with Crippen molar-refractivity contribution < 1.29 is 9.53 Å². The maximum atomic E-state index is 11.6. The van der Waals surface area contributed by atoms with E-state index in [4.69, 9.17) is 9.72 Å². The third-order valence-electron chi connectivity index (χ3n) is 5.11. The molecule has 0 spiro atoms. The summed E-state index contributed by atoms with van der Waals surface area (Å²) < 4.78 is 8.67. The normalized spacial score (nSPS) is 11.7. The predicted molar refractivity (Wildman–Crippen MR) is 113 cm³/mol. The van der Waals surface area contributed by atoms with Crippen LogP contribution in [0.15, 0.2) is 30.9 Å². The van der Waals surface area contributed by atoms with Crippen molar-refractivity contribution in [3.8, 4) is 0 Å². The van der Waals surface area contributed by atoms with Crippen molar-refractivity contribution in [2.24, 2.45) is 17.8 Å². The highest BCUT2D eigenvalue weighted by Gasteiger charge is 2.19. The lowest BCUT2D eigenvalue weighted by Crippen LogP contribution is -2.21. The first-order chi connectivity index (χ1) is 13.9. The predicted octanol–water partition coefficient (Wildman–Crippen LogP) is 3.86. The van der Waals surface area contributed by atoms with Crippen molar-refractivity contribution in [1.82, 2.24) is 24.3 Å². The molecule has 0 aliphatic carbocycles. The molecule has 0 saturated carbocycles. The minimum atomic E-state index is -0.317. The van der Waals surface area contributed by atoms with E-state index in [1.54, 1.807) is 19.3 Å². The van der Waals surface area contributed by atoms with Gasteiger partial charge in [0.2, 0.25) is 5.95 Å². The van der Waals surface area contributed by atoms with Crippen molar-refractivity contribution in [2.75, 3.05) is 11.9 Å². The van der Waals surface area contributed by atoms with E-state index in [1.807, 2.05) is 12.3 Å². The molecule has 3 rings (SSSR count). The Kier molecular flexibility index (Phi) is 6.51. The molecule has 0 fully saturated rings. The largest absolute Gasteiger partial charge is 0.465 e. The van der Waals surface area contributed by atoms with Gasteiger partial charge in [-0.2, -0.15) is 10.1 Å². The lowest BCUT2D eigenvalue weighted by atomic mass is 9.85. The summed E-state index contributed by atoms with van der Waals surface area (Å²) in [5.41, 5.74) is 1.63. The van der Waals surface area contributed by atoms with Crippen LogP contribution in [-0.2, 0) is 22.6 Å². The van der Waals surface area contributed by atoms with Crippen LogP contribution in [0.2, 0.25) is 0 Å². The second-order valence-electron chi connectivity index (χ2n) is 7.95. The zero-order chi connectivity index (χ0) is 21.0. The van der Waals surface area contributed by atoms with Gasteiger partial charge in [-0.05, 0) is 30.7 Å². The summed E-state index contributed by atoms with van der Waals surface area (Å²) in [6.07, 6.45) is 7.28. The minimum Gasteiger partial charge on any atom is -0.465 e.